The first-order valence-electron chi connectivity index (χ1n) is 16.6. The largest absolute Gasteiger partial charge is 0.378 e. The fourth-order valence-electron chi connectivity index (χ4n) is 6.90. The summed E-state index contributed by atoms with van der Waals surface area (Å²) < 4.78 is 35.5. The number of alkyl halides is 2. The number of aromatic nitrogens is 4. The van der Waals surface area contributed by atoms with Crippen LogP contribution in [0.25, 0.3) is 16.9 Å². The Balaban J connectivity index is 1.08. The Kier molecular flexibility index (Phi) is 9.67. The number of morpholine rings is 1. The first-order valence-corrected chi connectivity index (χ1v) is 16.6. The van der Waals surface area contributed by atoms with Crippen LogP contribution in [0.5, 0.6) is 0 Å². The summed E-state index contributed by atoms with van der Waals surface area (Å²) in [5.41, 5.74) is 3.77. The van der Waals surface area contributed by atoms with Gasteiger partial charge in [-0.1, -0.05) is 72.8 Å². The molecule has 2 aliphatic rings. The van der Waals surface area contributed by atoms with Crippen molar-refractivity contribution in [3.8, 4) is 5.82 Å². The number of imidazole rings is 1. The number of anilines is 2. The molecule has 2 fully saturated rings. The summed E-state index contributed by atoms with van der Waals surface area (Å²) in [7, 11) is 0. The molecule has 1 aliphatic heterocycles. The maximum absolute atomic E-state index is 14.3. The van der Waals surface area contributed by atoms with Crippen LogP contribution in [0.1, 0.15) is 49.1 Å². The molecule has 0 radical (unpaired) electrons. The molecule has 47 heavy (non-hydrogen) atoms. The first-order chi connectivity index (χ1) is 23.1. The second-order valence-corrected chi connectivity index (χ2v) is 12.5. The van der Waals surface area contributed by atoms with Crippen LogP contribution in [0, 0.1) is 5.92 Å². The molecule has 1 saturated carbocycles. The maximum Gasteiger partial charge on any atom is 0.296 e. The topological polar surface area (TPSA) is 71.3 Å². The van der Waals surface area contributed by atoms with E-state index in [0.29, 0.717) is 66.9 Å². The number of fused-ring (bicyclic) bond motifs is 1. The fraction of sp³-hybridized carbons (Fsp3) is 0.378. The number of benzene rings is 3. The van der Waals surface area contributed by atoms with Crippen LogP contribution in [0.4, 0.5) is 20.5 Å². The van der Waals surface area contributed by atoms with Crippen molar-refractivity contribution in [2.24, 2.45) is 5.92 Å². The summed E-state index contributed by atoms with van der Waals surface area (Å²) in [4.78, 5) is 18.7. The van der Waals surface area contributed by atoms with Gasteiger partial charge in [-0.2, -0.15) is 9.97 Å². The SMILES string of the molecule is FC(F)c1nc2ccccc2n1-c1cc(N2CCOCC2)nc(NCC2CCC(N(Cc3ccccc3)Cc3ccccc3)CC2)n1. The van der Waals surface area contributed by atoms with E-state index in [0.717, 1.165) is 45.3 Å². The third-order valence-corrected chi connectivity index (χ3v) is 9.38. The van der Waals surface area contributed by atoms with Crippen LogP contribution in [0.15, 0.2) is 91.0 Å². The van der Waals surface area contributed by atoms with Gasteiger partial charge >= 0.3 is 0 Å². The van der Waals surface area contributed by atoms with Gasteiger partial charge in [0, 0.05) is 44.8 Å². The average Bonchev–Trinajstić information content (AvgIpc) is 3.52. The van der Waals surface area contributed by atoms with Gasteiger partial charge in [0.25, 0.3) is 6.43 Å². The van der Waals surface area contributed by atoms with Crippen molar-refractivity contribution in [3.05, 3.63) is 108 Å². The van der Waals surface area contributed by atoms with Crippen molar-refractivity contribution in [1.29, 1.82) is 0 Å². The van der Waals surface area contributed by atoms with Crippen LogP contribution >= 0.6 is 0 Å². The zero-order valence-electron chi connectivity index (χ0n) is 26.5. The molecule has 7 rings (SSSR count). The molecule has 0 bridgehead atoms. The third kappa shape index (κ3) is 7.44. The van der Waals surface area contributed by atoms with Gasteiger partial charge in [0.1, 0.15) is 11.6 Å². The van der Waals surface area contributed by atoms with Gasteiger partial charge < -0.3 is 15.0 Å². The monoisotopic (exact) mass is 637 g/mol. The standard InChI is InChI=1S/C37H41F2N7O/c38-35(39)36-41-31-13-7-8-14-32(31)46(36)34-23-33(44-19-21-47-22-20-44)42-37(43-34)40-24-27-15-17-30(18-16-27)45(25-28-9-3-1-4-10-28)26-29-11-5-2-6-12-29/h1-14,23,27,30,35H,15-22,24-26H2,(H,40,42,43). The van der Waals surface area contributed by atoms with Crippen LogP contribution in [-0.4, -0.2) is 63.3 Å². The Morgan fingerprint density at radius 3 is 2.04 bits per heavy atom. The molecule has 0 unspecified atom stereocenters. The van der Waals surface area contributed by atoms with Gasteiger partial charge in [-0.3, -0.25) is 9.47 Å². The smallest absolute Gasteiger partial charge is 0.296 e. The van der Waals surface area contributed by atoms with Gasteiger partial charge in [-0.05, 0) is 54.9 Å². The second-order valence-electron chi connectivity index (χ2n) is 12.5. The van der Waals surface area contributed by atoms with Crippen molar-refractivity contribution in [2.75, 3.05) is 43.1 Å². The lowest BCUT2D eigenvalue weighted by Gasteiger charge is -2.37. The Hall–Kier alpha value is -4.41. The molecular weight excluding hydrogens is 596 g/mol. The fourth-order valence-corrected chi connectivity index (χ4v) is 6.90. The van der Waals surface area contributed by atoms with Crippen molar-refractivity contribution >= 4 is 22.8 Å². The van der Waals surface area contributed by atoms with E-state index in [1.807, 2.05) is 6.07 Å². The molecule has 1 saturated heterocycles. The zero-order valence-corrected chi connectivity index (χ0v) is 26.5. The molecule has 3 heterocycles. The molecule has 1 aliphatic carbocycles. The number of hydrogen-bond acceptors (Lipinski definition) is 7. The molecular formula is C37H41F2N7O. The lowest BCUT2D eigenvalue weighted by Crippen LogP contribution is -2.38. The third-order valence-electron chi connectivity index (χ3n) is 9.38. The quantitative estimate of drug-likeness (QED) is 0.163. The van der Waals surface area contributed by atoms with Crippen LogP contribution in [0.3, 0.4) is 0 Å². The van der Waals surface area contributed by atoms with E-state index in [-0.39, 0.29) is 5.82 Å². The van der Waals surface area contributed by atoms with Crippen molar-refractivity contribution < 1.29 is 13.5 Å². The summed E-state index contributed by atoms with van der Waals surface area (Å²) in [6.45, 7) is 5.11. The molecule has 10 heteroatoms. The molecule has 244 valence electrons. The predicted octanol–water partition coefficient (Wildman–Crippen LogP) is 7.26. The zero-order chi connectivity index (χ0) is 32.0. The van der Waals surface area contributed by atoms with Crippen molar-refractivity contribution in [2.45, 2.75) is 51.2 Å². The number of nitrogens with zero attached hydrogens (tertiary/aromatic N) is 6. The first kappa shape index (κ1) is 31.2. The normalized spacial score (nSPS) is 18.7. The Bertz CT molecular complexity index is 1690. The van der Waals surface area contributed by atoms with E-state index in [9.17, 15) is 8.78 Å². The summed E-state index contributed by atoms with van der Waals surface area (Å²) in [6, 6.07) is 30.9. The van der Waals surface area contributed by atoms with E-state index < -0.39 is 6.43 Å². The Morgan fingerprint density at radius 1 is 0.766 bits per heavy atom. The second kappa shape index (κ2) is 14.6. The Morgan fingerprint density at radius 2 is 1.38 bits per heavy atom. The van der Waals surface area contributed by atoms with E-state index >= 15 is 0 Å². The van der Waals surface area contributed by atoms with Gasteiger partial charge in [-0.15, -0.1) is 0 Å². The Labute approximate surface area is 274 Å². The highest BCUT2D eigenvalue weighted by atomic mass is 19.3. The molecule has 8 nitrogen and oxygen atoms in total. The summed E-state index contributed by atoms with van der Waals surface area (Å²) in [5.74, 6) is 1.66. The molecule has 0 amide bonds. The number of ether oxygens (including phenoxy) is 1. The average molecular weight is 638 g/mol. The minimum Gasteiger partial charge on any atom is -0.378 e. The van der Waals surface area contributed by atoms with E-state index in [2.05, 4.69) is 80.8 Å². The lowest BCUT2D eigenvalue weighted by molar-refractivity contribution is 0.122. The molecule has 0 atom stereocenters. The van der Waals surface area contributed by atoms with E-state index in [4.69, 9.17) is 14.7 Å². The highest BCUT2D eigenvalue weighted by molar-refractivity contribution is 5.78. The summed E-state index contributed by atoms with van der Waals surface area (Å²) in [5, 5.41) is 3.50. The highest BCUT2D eigenvalue weighted by Crippen LogP contribution is 2.32. The number of para-hydroxylation sites is 2. The van der Waals surface area contributed by atoms with Crippen LogP contribution < -0.4 is 10.2 Å². The van der Waals surface area contributed by atoms with Crippen LogP contribution in [0.2, 0.25) is 0 Å². The van der Waals surface area contributed by atoms with Crippen molar-refractivity contribution in [1.82, 2.24) is 24.4 Å². The van der Waals surface area contributed by atoms with Gasteiger partial charge in [0.15, 0.2) is 5.82 Å². The minimum atomic E-state index is -2.75. The molecule has 1 N–H and O–H groups in total. The summed E-state index contributed by atoms with van der Waals surface area (Å²) >= 11 is 0. The minimum absolute atomic E-state index is 0.322. The lowest BCUT2D eigenvalue weighted by atomic mass is 9.85. The molecule has 3 aromatic carbocycles. The molecule has 0 spiro atoms. The predicted molar refractivity (Wildman–Crippen MR) is 181 cm³/mol. The van der Waals surface area contributed by atoms with Crippen LogP contribution in [-0.2, 0) is 17.8 Å². The number of rotatable bonds is 11. The maximum atomic E-state index is 14.3. The number of hydrogen-bond donors (Lipinski definition) is 1. The van der Waals surface area contributed by atoms with Crippen molar-refractivity contribution in [3.63, 3.8) is 0 Å². The van der Waals surface area contributed by atoms with Gasteiger partial charge in [-0.25, -0.2) is 13.8 Å². The number of halogens is 2. The van der Waals surface area contributed by atoms with E-state index in [1.54, 1.807) is 24.3 Å². The number of nitrogens with one attached hydrogen (secondary N) is 1. The summed E-state index contributed by atoms with van der Waals surface area (Å²) in [6.07, 6.45) is 1.67. The van der Waals surface area contributed by atoms with Gasteiger partial charge in [0.2, 0.25) is 5.95 Å². The van der Waals surface area contributed by atoms with E-state index in [1.165, 1.54) is 15.7 Å². The van der Waals surface area contributed by atoms with Gasteiger partial charge in [0.05, 0.1) is 24.2 Å². The molecule has 2 aromatic heterocycles. The highest BCUT2D eigenvalue weighted by Gasteiger charge is 2.27. The molecule has 5 aromatic rings.